The second kappa shape index (κ2) is 8.27. The molecule has 1 N–H and O–H groups in total. The standard InChI is InChI=1S/C22H25NO4S/c1-14(28-17-9-10-18-19(13-17)27-12-11-26-18)20(24)15-5-7-16(8-6-15)23-21(25)22(2,3)4/h5-10,13-14H,11-12H2,1-4H3,(H,23,25)/t14-/m1/s1. The molecule has 0 spiro atoms. The summed E-state index contributed by atoms with van der Waals surface area (Å²) < 4.78 is 11.1. The molecule has 3 rings (SSSR count). The van der Waals surface area contributed by atoms with Gasteiger partial charge < -0.3 is 14.8 Å². The predicted molar refractivity (Wildman–Crippen MR) is 112 cm³/mol. The van der Waals surface area contributed by atoms with Gasteiger partial charge in [0.2, 0.25) is 5.91 Å². The van der Waals surface area contributed by atoms with Crippen LogP contribution in [0.2, 0.25) is 0 Å². The van der Waals surface area contributed by atoms with E-state index >= 15 is 0 Å². The quantitative estimate of drug-likeness (QED) is 0.578. The predicted octanol–water partition coefficient (Wildman–Crippen LogP) is 4.81. The van der Waals surface area contributed by atoms with Crippen LogP contribution in [0, 0.1) is 5.41 Å². The number of nitrogens with one attached hydrogen (secondary N) is 1. The van der Waals surface area contributed by atoms with Crippen molar-refractivity contribution >= 4 is 29.1 Å². The first-order valence-corrected chi connectivity index (χ1v) is 10.1. The summed E-state index contributed by atoms with van der Waals surface area (Å²) >= 11 is 1.48. The Bertz CT molecular complexity index is 871. The van der Waals surface area contributed by atoms with Crippen LogP contribution in [0.3, 0.4) is 0 Å². The third-order valence-electron chi connectivity index (χ3n) is 4.30. The molecule has 0 aliphatic carbocycles. The average molecular weight is 400 g/mol. The zero-order valence-electron chi connectivity index (χ0n) is 16.6. The van der Waals surface area contributed by atoms with Gasteiger partial charge in [-0.2, -0.15) is 0 Å². The minimum atomic E-state index is -0.469. The number of thioether (sulfide) groups is 1. The van der Waals surface area contributed by atoms with E-state index in [1.807, 2.05) is 45.9 Å². The molecule has 0 radical (unpaired) electrons. The number of hydrogen-bond acceptors (Lipinski definition) is 5. The van der Waals surface area contributed by atoms with Crippen LogP contribution in [0.4, 0.5) is 5.69 Å². The minimum Gasteiger partial charge on any atom is -0.486 e. The molecule has 0 unspecified atom stereocenters. The number of ketones is 1. The van der Waals surface area contributed by atoms with E-state index < -0.39 is 5.41 Å². The second-order valence-electron chi connectivity index (χ2n) is 7.71. The van der Waals surface area contributed by atoms with Gasteiger partial charge in [0.15, 0.2) is 17.3 Å². The Morgan fingerprint density at radius 1 is 1.00 bits per heavy atom. The molecule has 6 heteroatoms. The van der Waals surface area contributed by atoms with Crippen LogP contribution in [0.5, 0.6) is 11.5 Å². The van der Waals surface area contributed by atoms with E-state index in [2.05, 4.69) is 5.32 Å². The second-order valence-corrected chi connectivity index (χ2v) is 9.13. The molecule has 0 bridgehead atoms. The highest BCUT2D eigenvalue weighted by Crippen LogP contribution is 2.36. The van der Waals surface area contributed by atoms with Crippen LogP contribution in [0.15, 0.2) is 47.4 Å². The maximum absolute atomic E-state index is 12.8. The molecule has 0 saturated carbocycles. The molecule has 2 aromatic rings. The van der Waals surface area contributed by atoms with Crippen molar-refractivity contribution in [2.45, 2.75) is 37.8 Å². The number of ether oxygens (including phenoxy) is 2. The highest BCUT2D eigenvalue weighted by molar-refractivity contribution is 8.00. The summed E-state index contributed by atoms with van der Waals surface area (Å²) in [5.41, 5.74) is 0.832. The van der Waals surface area contributed by atoms with Crippen LogP contribution in [-0.4, -0.2) is 30.2 Å². The fraction of sp³-hybridized carbons (Fsp3) is 0.364. The third kappa shape index (κ3) is 4.87. The summed E-state index contributed by atoms with van der Waals surface area (Å²) in [6.07, 6.45) is 0. The zero-order valence-corrected chi connectivity index (χ0v) is 17.4. The Kier molecular flexibility index (Phi) is 5.98. The molecule has 28 heavy (non-hydrogen) atoms. The normalized spacial score (nSPS) is 14.3. The van der Waals surface area contributed by atoms with Crippen molar-refractivity contribution in [1.82, 2.24) is 0 Å². The molecule has 5 nitrogen and oxygen atoms in total. The molecule has 1 aliphatic heterocycles. The summed E-state index contributed by atoms with van der Waals surface area (Å²) in [5, 5.41) is 2.61. The number of anilines is 1. The van der Waals surface area contributed by atoms with Crippen molar-refractivity contribution in [2.24, 2.45) is 5.41 Å². The molecule has 1 amide bonds. The van der Waals surface area contributed by atoms with Crippen LogP contribution in [0.1, 0.15) is 38.1 Å². The van der Waals surface area contributed by atoms with E-state index in [0.717, 1.165) is 16.4 Å². The first-order chi connectivity index (χ1) is 13.2. The Hall–Kier alpha value is -2.47. The van der Waals surface area contributed by atoms with E-state index in [-0.39, 0.29) is 16.9 Å². The van der Waals surface area contributed by atoms with Crippen molar-refractivity contribution in [3.8, 4) is 11.5 Å². The Labute approximate surface area is 169 Å². The molecule has 1 atom stereocenters. The van der Waals surface area contributed by atoms with Gasteiger partial charge in [0.25, 0.3) is 0 Å². The molecule has 0 aromatic heterocycles. The molecule has 1 heterocycles. The maximum Gasteiger partial charge on any atom is 0.229 e. The molecule has 0 saturated heterocycles. The lowest BCUT2D eigenvalue weighted by Crippen LogP contribution is -2.27. The highest BCUT2D eigenvalue weighted by atomic mass is 32.2. The van der Waals surface area contributed by atoms with Crippen LogP contribution >= 0.6 is 11.8 Å². The SMILES string of the molecule is C[C@@H](Sc1ccc2c(c1)OCCO2)C(=O)c1ccc(NC(=O)C(C)(C)C)cc1. The lowest BCUT2D eigenvalue weighted by Gasteiger charge is -2.19. The van der Waals surface area contributed by atoms with Gasteiger partial charge >= 0.3 is 0 Å². The largest absolute Gasteiger partial charge is 0.486 e. The maximum atomic E-state index is 12.8. The third-order valence-corrected chi connectivity index (χ3v) is 5.40. The first kappa shape index (κ1) is 20.3. The summed E-state index contributed by atoms with van der Waals surface area (Å²) in [6, 6.07) is 12.8. The molecule has 0 fully saturated rings. The van der Waals surface area contributed by atoms with Crippen molar-refractivity contribution in [1.29, 1.82) is 0 Å². The number of carbonyl (C=O) groups is 2. The number of rotatable bonds is 5. The average Bonchev–Trinajstić information content (AvgIpc) is 2.67. The fourth-order valence-electron chi connectivity index (χ4n) is 2.63. The lowest BCUT2D eigenvalue weighted by atomic mass is 9.95. The number of carbonyl (C=O) groups excluding carboxylic acids is 2. The van der Waals surface area contributed by atoms with Crippen molar-refractivity contribution in [3.05, 3.63) is 48.0 Å². The Balaban J connectivity index is 1.64. The van der Waals surface area contributed by atoms with Gasteiger partial charge in [-0.25, -0.2) is 0 Å². The minimum absolute atomic E-state index is 0.0357. The van der Waals surface area contributed by atoms with Crippen molar-refractivity contribution in [3.63, 3.8) is 0 Å². The summed E-state index contributed by atoms with van der Waals surface area (Å²) in [7, 11) is 0. The van der Waals surface area contributed by atoms with Gasteiger partial charge in [-0.15, -0.1) is 11.8 Å². The van der Waals surface area contributed by atoms with E-state index in [9.17, 15) is 9.59 Å². The number of hydrogen-bond donors (Lipinski definition) is 1. The number of amides is 1. The first-order valence-electron chi connectivity index (χ1n) is 9.26. The fourth-order valence-corrected chi connectivity index (χ4v) is 3.60. The van der Waals surface area contributed by atoms with E-state index in [0.29, 0.717) is 24.5 Å². The highest BCUT2D eigenvalue weighted by Gasteiger charge is 2.22. The van der Waals surface area contributed by atoms with Gasteiger partial charge in [-0.3, -0.25) is 9.59 Å². The monoisotopic (exact) mass is 399 g/mol. The number of Topliss-reactive ketones (excluding diaryl/α,β-unsaturated/α-hetero) is 1. The molecule has 1 aliphatic rings. The lowest BCUT2D eigenvalue weighted by molar-refractivity contribution is -0.123. The molecule has 148 valence electrons. The van der Waals surface area contributed by atoms with Gasteiger partial charge in [0.05, 0.1) is 5.25 Å². The van der Waals surface area contributed by atoms with E-state index in [4.69, 9.17) is 9.47 Å². The van der Waals surface area contributed by atoms with E-state index in [1.165, 1.54) is 11.8 Å². The van der Waals surface area contributed by atoms with Gasteiger partial charge in [0.1, 0.15) is 13.2 Å². The van der Waals surface area contributed by atoms with Crippen molar-refractivity contribution in [2.75, 3.05) is 18.5 Å². The zero-order chi connectivity index (χ0) is 20.3. The van der Waals surface area contributed by atoms with Crippen molar-refractivity contribution < 1.29 is 19.1 Å². The number of benzene rings is 2. The molecule has 2 aromatic carbocycles. The van der Waals surface area contributed by atoms with E-state index in [1.54, 1.807) is 24.3 Å². The summed E-state index contributed by atoms with van der Waals surface area (Å²) in [4.78, 5) is 25.8. The van der Waals surface area contributed by atoms with Crippen LogP contribution in [-0.2, 0) is 4.79 Å². The smallest absolute Gasteiger partial charge is 0.229 e. The van der Waals surface area contributed by atoms with Gasteiger partial charge in [-0.05, 0) is 49.4 Å². The topological polar surface area (TPSA) is 64.6 Å². The summed E-state index contributed by atoms with van der Waals surface area (Å²) in [6.45, 7) is 8.55. The Morgan fingerprint density at radius 3 is 2.29 bits per heavy atom. The molecular formula is C22H25NO4S. The summed E-state index contributed by atoms with van der Waals surface area (Å²) in [5.74, 6) is 1.43. The van der Waals surface area contributed by atoms with Crippen LogP contribution < -0.4 is 14.8 Å². The molecular weight excluding hydrogens is 374 g/mol. The van der Waals surface area contributed by atoms with Gasteiger partial charge in [-0.1, -0.05) is 20.8 Å². The van der Waals surface area contributed by atoms with Gasteiger partial charge in [0, 0.05) is 21.6 Å². The van der Waals surface area contributed by atoms with Crippen LogP contribution in [0.25, 0.3) is 0 Å². The number of fused-ring (bicyclic) bond motifs is 1. The Morgan fingerprint density at radius 2 is 1.64 bits per heavy atom.